The lowest BCUT2D eigenvalue weighted by Gasteiger charge is -2.20. The van der Waals surface area contributed by atoms with Gasteiger partial charge < -0.3 is 9.73 Å². The molecule has 1 atom stereocenters. The Morgan fingerprint density at radius 1 is 1.27 bits per heavy atom. The molecule has 1 aliphatic rings. The highest BCUT2D eigenvalue weighted by molar-refractivity contribution is 7.08. The number of thiophene rings is 1. The monoisotopic (exact) mass is 371 g/mol. The summed E-state index contributed by atoms with van der Waals surface area (Å²) < 4.78 is 18.4. The molecule has 0 radical (unpaired) electrons. The van der Waals surface area contributed by atoms with Gasteiger partial charge in [-0.1, -0.05) is 0 Å². The quantitative estimate of drug-likeness (QED) is 0.712. The summed E-state index contributed by atoms with van der Waals surface area (Å²) in [7, 11) is 0. The molecule has 4 rings (SSSR count). The summed E-state index contributed by atoms with van der Waals surface area (Å²) >= 11 is 1.46. The molecule has 1 saturated heterocycles. The molecule has 1 fully saturated rings. The number of aromatic nitrogens is 1. The first-order valence-electron chi connectivity index (χ1n) is 7.84. The van der Waals surface area contributed by atoms with E-state index in [2.05, 4.69) is 10.3 Å². The van der Waals surface area contributed by atoms with Crippen molar-refractivity contribution < 1.29 is 18.4 Å². The lowest BCUT2D eigenvalue weighted by Crippen LogP contribution is -2.40. The van der Waals surface area contributed by atoms with Gasteiger partial charge in [0.15, 0.2) is 0 Å². The van der Waals surface area contributed by atoms with Gasteiger partial charge in [-0.25, -0.2) is 14.2 Å². The number of amides is 3. The fraction of sp³-hybridized carbons (Fsp3) is 0.167. The molecule has 1 aliphatic heterocycles. The summed E-state index contributed by atoms with van der Waals surface area (Å²) in [5.74, 6) is -0.396. The van der Waals surface area contributed by atoms with Gasteiger partial charge in [-0.15, -0.1) is 0 Å². The zero-order valence-electron chi connectivity index (χ0n) is 13.7. The van der Waals surface area contributed by atoms with Gasteiger partial charge >= 0.3 is 6.03 Å². The average molecular weight is 371 g/mol. The maximum Gasteiger partial charge on any atom is 0.325 e. The van der Waals surface area contributed by atoms with Crippen molar-refractivity contribution in [1.82, 2.24) is 15.2 Å². The molecule has 26 heavy (non-hydrogen) atoms. The smallest absolute Gasteiger partial charge is 0.325 e. The molecule has 3 amide bonds. The number of urea groups is 1. The minimum atomic E-state index is -1.08. The van der Waals surface area contributed by atoms with Crippen molar-refractivity contribution in [3.05, 3.63) is 64.4 Å². The van der Waals surface area contributed by atoms with Crippen LogP contribution in [0.1, 0.15) is 18.2 Å². The van der Waals surface area contributed by atoms with Gasteiger partial charge in [-0.2, -0.15) is 11.3 Å². The molecule has 1 aromatic carbocycles. The fourth-order valence-corrected chi connectivity index (χ4v) is 3.62. The van der Waals surface area contributed by atoms with Gasteiger partial charge in [0.2, 0.25) is 5.89 Å². The molecule has 6 nitrogen and oxygen atoms in total. The first kappa shape index (κ1) is 16.5. The number of benzene rings is 1. The van der Waals surface area contributed by atoms with Crippen LogP contribution in [-0.2, 0) is 16.9 Å². The van der Waals surface area contributed by atoms with E-state index in [1.165, 1.54) is 29.7 Å². The number of imide groups is 1. The van der Waals surface area contributed by atoms with Crippen molar-refractivity contribution in [3.63, 3.8) is 0 Å². The number of hydrogen-bond acceptors (Lipinski definition) is 5. The second-order valence-corrected chi connectivity index (χ2v) is 6.89. The van der Waals surface area contributed by atoms with Crippen molar-refractivity contribution in [2.45, 2.75) is 19.0 Å². The van der Waals surface area contributed by atoms with Gasteiger partial charge in [0.05, 0.1) is 12.2 Å². The largest absolute Gasteiger partial charge is 0.444 e. The average Bonchev–Trinajstić information content (AvgIpc) is 3.34. The van der Waals surface area contributed by atoms with Crippen molar-refractivity contribution in [2.24, 2.45) is 0 Å². The van der Waals surface area contributed by atoms with Crippen molar-refractivity contribution in [2.75, 3.05) is 0 Å². The van der Waals surface area contributed by atoms with E-state index < -0.39 is 11.6 Å². The predicted molar refractivity (Wildman–Crippen MR) is 92.6 cm³/mol. The summed E-state index contributed by atoms with van der Waals surface area (Å²) in [6.07, 6.45) is 1.39. The highest BCUT2D eigenvalue weighted by Gasteiger charge is 2.49. The number of nitrogens with one attached hydrogen (secondary N) is 1. The molecule has 0 bridgehead atoms. The summed E-state index contributed by atoms with van der Waals surface area (Å²) in [5.41, 5.74) is 0.705. The number of carbonyl (C=O) groups excluding carboxylic acids is 2. The maximum atomic E-state index is 13.0. The Kier molecular flexibility index (Phi) is 3.84. The number of hydrogen-bond donors (Lipinski definition) is 1. The summed E-state index contributed by atoms with van der Waals surface area (Å²) in [6, 6.07) is 7.05. The van der Waals surface area contributed by atoms with Crippen LogP contribution in [0.2, 0.25) is 0 Å². The van der Waals surface area contributed by atoms with Crippen LogP contribution in [0, 0.1) is 5.82 Å². The second-order valence-electron chi connectivity index (χ2n) is 6.11. The van der Waals surface area contributed by atoms with E-state index in [0.29, 0.717) is 17.1 Å². The number of carbonyl (C=O) groups is 2. The van der Waals surface area contributed by atoms with Gasteiger partial charge in [0, 0.05) is 5.56 Å². The van der Waals surface area contributed by atoms with Crippen LogP contribution < -0.4 is 5.32 Å². The van der Waals surface area contributed by atoms with Crippen LogP contribution in [-0.4, -0.2) is 21.8 Å². The van der Waals surface area contributed by atoms with E-state index in [4.69, 9.17) is 4.42 Å². The summed E-state index contributed by atoms with van der Waals surface area (Å²) in [6.45, 7) is 1.68. The molecule has 0 aliphatic carbocycles. The Hall–Kier alpha value is -3.00. The van der Waals surface area contributed by atoms with Gasteiger partial charge in [-0.05, 0) is 53.6 Å². The van der Waals surface area contributed by atoms with Crippen molar-refractivity contribution >= 4 is 23.3 Å². The zero-order valence-corrected chi connectivity index (χ0v) is 14.5. The Bertz CT molecular complexity index is 968. The molecule has 8 heteroatoms. The molecule has 1 N–H and O–H groups in total. The third-order valence-corrected chi connectivity index (χ3v) is 5.02. The topological polar surface area (TPSA) is 75.4 Å². The molecule has 3 aromatic rings. The summed E-state index contributed by atoms with van der Waals surface area (Å²) in [5, 5.41) is 6.44. The fourth-order valence-electron chi connectivity index (χ4n) is 2.85. The van der Waals surface area contributed by atoms with Crippen LogP contribution in [0.3, 0.4) is 0 Å². The Morgan fingerprint density at radius 3 is 2.73 bits per heavy atom. The van der Waals surface area contributed by atoms with Gasteiger partial charge in [0.1, 0.15) is 17.6 Å². The highest BCUT2D eigenvalue weighted by Crippen LogP contribution is 2.31. The van der Waals surface area contributed by atoms with Crippen LogP contribution in [0.4, 0.5) is 9.18 Å². The second kappa shape index (κ2) is 6.06. The molecule has 132 valence electrons. The van der Waals surface area contributed by atoms with Crippen molar-refractivity contribution in [3.8, 4) is 11.5 Å². The van der Waals surface area contributed by atoms with E-state index in [1.54, 1.807) is 19.1 Å². The van der Waals surface area contributed by atoms with Gasteiger partial charge in [-0.3, -0.25) is 9.69 Å². The Morgan fingerprint density at radius 2 is 2.04 bits per heavy atom. The lowest BCUT2D eigenvalue weighted by atomic mass is 9.95. The van der Waals surface area contributed by atoms with Crippen LogP contribution in [0.5, 0.6) is 0 Å². The molecule has 3 heterocycles. The minimum absolute atomic E-state index is 0.00487. The minimum Gasteiger partial charge on any atom is -0.444 e. The van der Waals surface area contributed by atoms with Crippen LogP contribution in [0.25, 0.3) is 11.5 Å². The molecule has 0 spiro atoms. The predicted octanol–water partition coefficient (Wildman–Crippen LogP) is 3.51. The number of oxazole rings is 1. The normalized spacial score (nSPS) is 19.8. The SMILES string of the molecule is CC1(c2ccsc2)NC(=O)N(Cc2coc(-c3ccc(F)cc3)n2)C1=O. The van der Waals surface area contributed by atoms with E-state index in [0.717, 1.165) is 10.5 Å². The standard InChI is InChI=1S/C18H14FN3O3S/c1-18(12-6-7-26-10-12)16(23)22(17(24)21-18)8-14-9-25-15(20-14)11-2-4-13(19)5-3-11/h2-7,9-10H,8H2,1H3,(H,21,24). The third kappa shape index (κ3) is 2.68. The Balaban J connectivity index is 1.55. The molecule has 2 aromatic heterocycles. The van der Waals surface area contributed by atoms with Crippen LogP contribution >= 0.6 is 11.3 Å². The number of nitrogens with zero attached hydrogens (tertiary/aromatic N) is 2. The highest BCUT2D eigenvalue weighted by atomic mass is 32.1. The van der Waals surface area contributed by atoms with Crippen molar-refractivity contribution in [1.29, 1.82) is 0 Å². The van der Waals surface area contributed by atoms with Gasteiger partial charge in [0.25, 0.3) is 5.91 Å². The van der Waals surface area contributed by atoms with E-state index in [9.17, 15) is 14.0 Å². The third-order valence-electron chi connectivity index (χ3n) is 4.34. The number of rotatable bonds is 4. The zero-order chi connectivity index (χ0) is 18.3. The Labute approximate surface area is 152 Å². The molecule has 1 unspecified atom stereocenters. The number of halogens is 1. The lowest BCUT2D eigenvalue weighted by molar-refractivity contribution is -0.131. The van der Waals surface area contributed by atoms with E-state index >= 15 is 0 Å². The summed E-state index contributed by atoms with van der Waals surface area (Å²) in [4.78, 5) is 30.5. The van der Waals surface area contributed by atoms with E-state index in [-0.39, 0.29) is 18.3 Å². The molecular weight excluding hydrogens is 357 g/mol. The molecular formula is C18H14FN3O3S. The first-order valence-corrected chi connectivity index (χ1v) is 8.79. The van der Waals surface area contributed by atoms with E-state index in [1.807, 2.05) is 16.8 Å². The molecule has 0 saturated carbocycles. The maximum absolute atomic E-state index is 13.0. The van der Waals surface area contributed by atoms with Crippen LogP contribution in [0.15, 0.2) is 51.8 Å². The first-order chi connectivity index (χ1) is 12.5.